The first-order chi connectivity index (χ1) is 7.38. The van der Waals surface area contributed by atoms with Crippen molar-refractivity contribution in [1.82, 2.24) is 5.32 Å². The Kier molecular flexibility index (Phi) is 6.46. The minimum absolute atomic E-state index is 0.192. The zero-order valence-electron chi connectivity index (χ0n) is 10.4. The lowest BCUT2D eigenvalue weighted by Gasteiger charge is -2.15. The van der Waals surface area contributed by atoms with Crippen molar-refractivity contribution in [1.29, 1.82) is 0 Å². The maximum absolute atomic E-state index is 11.4. The van der Waals surface area contributed by atoms with Gasteiger partial charge in [0.05, 0.1) is 5.92 Å². The van der Waals surface area contributed by atoms with Crippen molar-refractivity contribution in [3.63, 3.8) is 0 Å². The number of hydrogen-bond donors (Lipinski definition) is 2. The lowest BCUT2D eigenvalue weighted by atomic mass is 9.97. The van der Waals surface area contributed by atoms with E-state index in [1.165, 1.54) is 0 Å². The molecule has 0 aliphatic rings. The van der Waals surface area contributed by atoms with E-state index < -0.39 is 11.9 Å². The van der Waals surface area contributed by atoms with Crippen LogP contribution in [0.4, 0.5) is 0 Å². The summed E-state index contributed by atoms with van der Waals surface area (Å²) in [6.07, 6.45) is 2.28. The van der Waals surface area contributed by atoms with Crippen LogP contribution in [0.3, 0.4) is 0 Å². The highest BCUT2D eigenvalue weighted by atomic mass is 16.4. The molecule has 0 aromatic heterocycles. The highest BCUT2D eigenvalue weighted by Gasteiger charge is 2.19. The van der Waals surface area contributed by atoms with Crippen LogP contribution in [-0.2, 0) is 9.59 Å². The molecule has 0 heterocycles. The second-order valence-electron chi connectivity index (χ2n) is 4.35. The Morgan fingerprint density at radius 1 is 1.38 bits per heavy atom. The Balaban J connectivity index is 4.23. The lowest BCUT2D eigenvalue weighted by Crippen LogP contribution is -2.34. The fraction of sp³-hybridized carbons (Fsp3) is 0.667. The van der Waals surface area contributed by atoms with E-state index in [0.717, 1.165) is 0 Å². The molecule has 0 unspecified atom stereocenters. The Bertz CT molecular complexity index is 282. The van der Waals surface area contributed by atoms with Gasteiger partial charge in [0.15, 0.2) is 0 Å². The van der Waals surface area contributed by atoms with Crippen LogP contribution in [0.2, 0.25) is 0 Å². The molecule has 0 aromatic carbocycles. The van der Waals surface area contributed by atoms with Crippen molar-refractivity contribution in [3.05, 3.63) is 11.6 Å². The molecule has 0 saturated heterocycles. The van der Waals surface area contributed by atoms with Crippen LogP contribution in [0, 0.1) is 11.8 Å². The van der Waals surface area contributed by atoms with E-state index in [9.17, 15) is 9.59 Å². The zero-order chi connectivity index (χ0) is 12.7. The van der Waals surface area contributed by atoms with Gasteiger partial charge in [-0.1, -0.05) is 19.9 Å². The Hall–Kier alpha value is -1.32. The fourth-order valence-corrected chi connectivity index (χ4v) is 1.33. The fourth-order valence-electron chi connectivity index (χ4n) is 1.33. The van der Waals surface area contributed by atoms with Gasteiger partial charge in [0, 0.05) is 12.1 Å². The standard InChI is InChI=1S/C12H21NO3/c1-5-9(4)11(14)13-7-10(12(15)16)6-8(2)3/h5,8,10H,6-7H2,1-4H3,(H,13,14)(H,15,16)/b9-5-/t10-/m0/s1. The highest BCUT2D eigenvalue weighted by Crippen LogP contribution is 2.11. The predicted octanol–water partition coefficient (Wildman–Crippen LogP) is 1.82. The van der Waals surface area contributed by atoms with Gasteiger partial charge in [-0.05, 0) is 26.2 Å². The largest absolute Gasteiger partial charge is 0.481 e. The zero-order valence-corrected chi connectivity index (χ0v) is 10.4. The summed E-state index contributed by atoms with van der Waals surface area (Å²) in [4.78, 5) is 22.3. The molecule has 92 valence electrons. The van der Waals surface area contributed by atoms with Gasteiger partial charge in [-0.2, -0.15) is 0 Å². The summed E-state index contributed by atoms with van der Waals surface area (Å²) < 4.78 is 0. The van der Waals surface area contributed by atoms with Crippen molar-refractivity contribution in [2.24, 2.45) is 11.8 Å². The monoisotopic (exact) mass is 227 g/mol. The molecule has 0 bridgehead atoms. The number of rotatable bonds is 6. The van der Waals surface area contributed by atoms with Gasteiger partial charge >= 0.3 is 5.97 Å². The van der Waals surface area contributed by atoms with Crippen LogP contribution in [0.5, 0.6) is 0 Å². The van der Waals surface area contributed by atoms with E-state index >= 15 is 0 Å². The number of amides is 1. The maximum Gasteiger partial charge on any atom is 0.308 e. The van der Waals surface area contributed by atoms with Crippen LogP contribution < -0.4 is 5.32 Å². The number of carboxylic acids is 1. The van der Waals surface area contributed by atoms with Crippen LogP contribution in [-0.4, -0.2) is 23.5 Å². The number of nitrogens with one attached hydrogen (secondary N) is 1. The summed E-state index contributed by atoms with van der Waals surface area (Å²) in [5, 5.41) is 11.6. The van der Waals surface area contributed by atoms with E-state index in [2.05, 4.69) is 5.32 Å². The summed E-state index contributed by atoms with van der Waals surface area (Å²) in [7, 11) is 0. The molecule has 0 radical (unpaired) electrons. The molecule has 0 rings (SSSR count). The third-order valence-corrected chi connectivity index (χ3v) is 2.41. The highest BCUT2D eigenvalue weighted by molar-refractivity contribution is 5.92. The SMILES string of the molecule is C/C=C(/C)C(=O)NC[C@H](CC(C)C)C(=O)O. The van der Waals surface area contributed by atoms with Gasteiger partial charge in [-0.3, -0.25) is 9.59 Å². The quantitative estimate of drug-likeness (QED) is 0.680. The normalized spacial score (nSPS) is 13.7. The summed E-state index contributed by atoms with van der Waals surface area (Å²) in [6.45, 7) is 7.60. The molecular formula is C12H21NO3. The van der Waals surface area contributed by atoms with Gasteiger partial charge in [-0.15, -0.1) is 0 Å². The molecule has 0 aromatic rings. The van der Waals surface area contributed by atoms with Crippen LogP contribution >= 0.6 is 0 Å². The third-order valence-electron chi connectivity index (χ3n) is 2.41. The summed E-state index contributed by atoms with van der Waals surface area (Å²) in [6, 6.07) is 0. The molecule has 0 spiro atoms. The molecule has 4 heteroatoms. The molecule has 1 atom stereocenters. The molecule has 4 nitrogen and oxygen atoms in total. The molecule has 16 heavy (non-hydrogen) atoms. The second-order valence-corrected chi connectivity index (χ2v) is 4.35. The molecule has 0 saturated carbocycles. The minimum Gasteiger partial charge on any atom is -0.481 e. The summed E-state index contributed by atoms with van der Waals surface area (Å²) in [5.41, 5.74) is 0.605. The van der Waals surface area contributed by atoms with E-state index in [1.807, 2.05) is 13.8 Å². The predicted molar refractivity (Wildman–Crippen MR) is 63.0 cm³/mol. The summed E-state index contributed by atoms with van der Waals surface area (Å²) in [5.74, 6) is -1.25. The van der Waals surface area contributed by atoms with Crippen LogP contribution in [0.25, 0.3) is 0 Å². The first kappa shape index (κ1) is 14.7. The Morgan fingerprint density at radius 3 is 2.31 bits per heavy atom. The van der Waals surface area contributed by atoms with E-state index in [1.54, 1.807) is 19.9 Å². The number of carboxylic acid groups (broad SMARTS) is 1. The topological polar surface area (TPSA) is 66.4 Å². The first-order valence-corrected chi connectivity index (χ1v) is 5.52. The van der Waals surface area contributed by atoms with Gasteiger partial charge in [-0.25, -0.2) is 0 Å². The molecule has 0 fully saturated rings. The lowest BCUT2D eigenvalue weighted by molar-refractivity contribution is -0.142. The Morgan fingerprint density at radius 2 is 1.94 bits per heavy atom. The van der Waals surface area contributed by atoms with Crippen molar-refractivity contribution >= 4 is 11.9 Å². The second kappa shape index (κ2) is 7.04. The molecular weight excluding hydrogens is 206 g/mol. The number of hydrogen-bond acceptors (Lipinski definition) is 2. The van der Waals surface area contributed by atoms with Gasteiger partial charge in [0.25, 0.3) is 0 Å². The van der Waals surface area contributed by atoms with Crippen LogP contribution in [0.1, 0.15) is 34.1 Å². The average molecular weight is 227 g/mol. The van der Waals surface area contributed by atoms with Crippen molar-refractivity contribution in [2.45, 2.75) is 34.1 Å². The average Bonchev–Trinajstić information content (AvgIpc) is 2.21. The Labute approximate surface area is 96.7 Å². The maximum atomic E-state index is 11.4. The molecule has 2 N–H and O–H groups in total. The van der Waals surface area contributed by atoms with Crippen molar-refractivity contribution < 1.29 is 14.7 Å². The number of carbonyl (C=O) groups excluding carboxylic acids is 1. The van der Waals surface area contributed by atoms with E-state index in [0.29, 0.717) is 17.9 Å². The van der Waals surface area contributed by atoms with Gasteiger partial charge in [0.2, 0.25) is 5.91 Å². The number of aliphatic carboxylic acids is 1. The van der Waals surface area contributed by atoms with Gasteiger partial charge in [0.1, 0.15) is 0 Å². The third kappa shape index (κ3) is 5.53. The van der Waals surface area contributed by atoms with E-state index in [-0.39, 0.29) is 12.5 Å². The van der Waals surface area contributed by atoms with Crippen molar-refractivity contribution in [2.75, 3.05) is 6.54 Å². The smallest absolute Gasteiger partial charge is 0.308 e. The van der Waals surface area contributed by atoms with Crippen molar-refractivity contribution in [3.8, 4) is 0 Å². The van der Waals surface area contributed by atoms with Crippen LogP contribution in [0.15, 0.2) is 11.6 Å². The molecule has 1 amide bonds. The minimum atomic E-state index is -0.855. The number of carbonyl (C=O) groups is 2. The van der Waals surface area contributed by atoms with E-state index in [4.69, 9.17) is 5.11 Å². The molecule has 0 aliphatic heterocycles. The molecule has 0 aliphatic carbocycles. The van der Waals surface area contributed by atoms with Gasteiger partial charge < -0.3 is 10.4 Å². The summed E-state index contributed by atoms with van der Waals surface area (Å²) >= 11 is 0. The first-order valence-electron chi connectivity index (χ1n) is 5.52. The number of allylic oxidation sites excluding steroid dienone is 1.